The number of methoxy groups -OCH3 is 1. The molecule has 56 heavy (non-hydrogen) atoms. The van der Waals surface area contributed by atoms with Crippen molar-refractivity contribution in [3.63, 3.8) is 0 Å². The summed E-state index contributed by atoms with van der Waals surface area (Å²) in [4.78, 5) is 37.8. The summed E-state index contributed by atoms with van der Waals surface area (Å²) in [7, 11) is -3.00. The number of benzene rings is 2. The zero-order chi connectivity index (χ0) is 41.3. The average molecular weight is 812 g/mol. The van der Waals surface area contributed by atoms with E-state index in [9.17, 15) is 14.4 Å². The van der Waals surface area contributed by atoms with Gasteiger partial charge in [0.05, 0.1) is 20.3 Å². The monoisotopic (exact) mass is 811 g/mol. The lowest BCUT2D eigenvalue weighted by atomic mass is 10.1. The molecule has 2 aliphatic rings. The molecule has 0 bridgehead atoms. The number of rotatable bonds is 16. The number of carbonyl (C=O) groups excluding carboxylic acids is 3. The van der Waals surface area contributed by atoms with Crippen molar-refractivity contribution in [2.24, 2.45) is 0 Å². The van der Waals surface area contributed by atoms with E-state index in [0.29, 0.717) is 5.75 Å². The second kappa shape index (κ2) is 19.2. The van der Waals surface area contributed by atoms with E-state index in [4.69, 9.17) is 37.3 Å². The molecule has 12 nitrogen and oxygen atoms in total. The van der Waals surface area contributed by atoms with Crippen molar-refractivity contribution in [2.75, 3.05) is 20.3 Å². The van der Waals surface area contributed by atoms with Crippen molar-refractivity contribution in [2.45, 2.75) is 128 Å². The number of esters is 1. The van der Waals surface area contributed by atoms with Gasteiger partial charge in [-0.1, -0.05) is 90.1 Å². The van der Waals surface area contributed by atoms with Crippen LogP contribution in [0, 0.1) is 0 Å². The van der Waals surface area contributed by atoms with Crippen molar-refractivity contribution in [1.82, 2.24) is 5.32 Å². The fraction of sp³-hybridized carbons (Fsp3) is 0.548. The molecule has 0 aromatic heterocycles. The Kier molecular flexibility index (Phi) is 15.5. The van der Waals surface area contributed by atoms with Crippen LogP contribution in [-0.4, -0.2) is 91.7 Å². The third-order valence-electron chi connectivity index (χ3n) is 10.9. The first-order chi connectivity index (χ1) is 26.2. The Morgan fingerprint density at radius 1 is 0.786 bits per heavy atom. The number of amides is 1. The Morgan fingerprint density at radius 3 is 2.02 bits per heavy atom. The molecule has 1 amide bonds. The number of ether oxygens (including phenoxy) is 6. The largest absolute Gasteiger partial charge is 0.467 e. The van der Waals surface area contributed by atoms with Crippen molar-refractivity contribution >= 4 is 34.5 Å². The number of ketones is 1. The molecular weight excluding hydrogens is 751 g/mol. The molecule has 308 valence electrons. The van der Waals surface area contributed by atoms with Crippen LogP contribution in [0.25, 0.3) is 0 Å². The first-order valence-electron chi connectivity index (χ1n) is 19.1. The SMILES string of the molecule is COC(=O)[C@@H](Cc1ccc(O[C@H]2C=C[C@@H](O[C@H]3C=CC(=O)[C@H](CO[Si](C)(C)C(C)(C)C)O3)[C@H](CO[Si](C)(C)C(C)(C)C)O2)cc1)NC(=O)OCc1ccccc1. The van der Waals surface area contributed by atoms with Crippen LogP contribution in [0.3, 0.4) is 0 Å². The highest BCUT2D eigenvalue weighted by molar-refractivity contribution is 6.74. The van der Waals surface area contributed by atoms with Gasteiger partial charge in [0, 0.05) is 6.42 Å². The summed E-state index contributed by atoms with van der Waals surface area (Å²) in [5.74, 6) is -0.228. The van der Waals surface area contributed by atoms with Gasteiger partial charge in [0.2, 0.25) is 6.29 Å². The van der Waals surface area contributed by atoms with Gasteiger partial charge in [-0.05, 0) is 77.8 Å². The molecule has 4 rings (SSSR count). The highest BCUT2D eigenvalue weighted by atomic mass is 28.4. The van der Waals surface area contributed by atoms with Crippen molar-refractivity contribution in [3.8, 4) is 5.75 Å². The Hall–Kier alpha value is -3.64. The number of nitrogens with one attached hydrogen (secondary N) is 1. The summed E-state index contributed by atoms with van der Waals surface area (Å²) in [6, 6.07) is 15.4. The molecule has 0 unspecified atom stereocenters. The summed E-state index contributed by atoms with van der Waals surface area (Å²) in [6.45, 7) is 22.1. The van der Waals surface area contributed by atoms with Crippen LogP contribution >= 0.6 is 0 Å². The van der Waals surface area contributed by atoms with Crippen LogP contribution in [0.5, 0.6) is 5.75 Å². The normalized spacial score (nSPS) is 22.3. The summed E-state index contributed by atoms with van der Waals surface area (Å²) >= 11 is 0. The van der Waals surface area contributed by atoms with E-state index in [1.807, 2.05) is 36.4 Å². The third kappa shape index (κ3) is 12.9. The van der Waals surface area contributed by atoms with Crippen LogP contribution in [0.4, 0.5) is 4.79 Å². The Balaban J connectivity index is 1.41. The fourth-order valence-electron chi connectivity index (χ4n) is 5.19. The zero-order valence-electron chi connectivity index (χ0n) is 34.8. The van der Waals surface area contributed by atoms with E-state index in [-0.39, 0.29) is 42.1 Å². The highest BCUT2D eigenvalue weighted by Gasteiger charge is 2.41. The second-order valence-electron chi connectivity index (χ2n) is 17.2. The second-order valence-corrected chi connectivity index (χ2v) is 26.8. The van der Waals surface area contributed by atoms with E-state index in [0.717, 1.165) is 11.1 Å². The number of carbonyl (C=O) groups is 3. The molecule has 2 aromatic carbocycles. The first-order valence-corrected chi connectivity index (χ1v) is 24.9. The van der Waals surface area contributed by atoms with Crippen molar-refractivity contribution in [3.05, 3.63) is 90.0 Å². The Bertz CT molecular complexity index is 1670. The maximum Gasteiger partial charge on any atom is 0.408 e. The van der Waals surface area contributed by atoms with Crippen LogP contribution in [0.1, 0.15) is 52.7 Å². The molecule has 0 radical (unpaired) electrons. The summed E-state index contributed by atoms with van der Waals surface area (Å²) in [5.41, 5.74) is 1.59. The molecule has 6 atom stereocenters. The third-order valence-corrected chi connectivity index (χ3v) is 19.9. The topological polar surface area (TPSA) is 137 Å². The smallest absolute Gasteiger partial charge is 0.408 e. The first kappa shape index (κ1) is 45.1. The lowest BCUT2D eigenvalue weighted by Gasteiger charge is -2.40. The maximum absolute atomic E-state index is 12.8. The quantitative estimate of drug-likeness (QED) is 0.102. The van der Waals surface area contributed by atoms with Gasteiger partial charge in [-0.2, -0.15) is 0 Å². The molecule has 0 saturated heterocycles. The fourth-order valence-corrected chi connectivity index (χ4v) is 7.20. The van der Waals surface area contributed by atoms with E-state index in [1.54, 1.807) is 36.4 Å². The lowest BCUT2D eigenvalue weighted by Crippen LogP contribution is -2.49. The number of hydrogen-bond acceptors (Lipinski definition) is 11. The van der Waals surface area contributed by atoms with Crippen molar-refractivity contribution < 1.29 is 51.7 Å². The van der Waals surface area contributed by atoms with Crippen LogP contribution in [0.15, 0.2) is 78.9 Å². The predicted octanol–water partition coefficient (Wildman–Crippen LogP) is 7.64. The lowest BCUT2D eigenvalue weighted by molar-refractivity contribution is -0.214. The van der Waals surface area contributed by atoms with Gasteiger partial charge >= 0.3 is 12.1 Å². The van der Waals surface area contributed by atoms with Gasteiger partial charge in [-0.25, -0.2) is 9.59 Å². The highest BCUT2D eigenvalue weighted by Crippen LogP contribution is 2.38. The van der Waals surface area contributed by atoms with Crippen LogP contribution < -0.4 is 10.1 Å². The maximum atomic E-state index is 12.8. The molecule has 0 saturated carbocycles. The minimum absolute atomic E-state index is 0.00991. The van der Waals surface area contributed by atoms with Gasteiger partial charge in [-0.3, -0.25) is 4.79 Å². The molecule has 1 N–H and O–H groups in total. The summed E-state index contributed by atoms with van der Waals surface area (Å²) in [6.07, 6.45) is 2.76. The molecule has 14 heteroatoms. The van der Waals surface area contributed by atoms with Gasteiger partial charge in [-0.15, -0.1) is 0 Å². The minimum Gasteiger partial charge on any atom is -0.467 e. The summed E-state index contributed by atoms with van der Waals surface area (Å²) in [5, 5.41) is 2.57. The van der Waals surface area contributed by atoms with E-state index < -0.39 is 65.6 Å². The molecule has 2 aromatic rings. The summed E-state index contributed by atoms with van der Waals surface area (Å²) < 4.78 is 48.3. The van der Waals surface area contributed by atoms with E-state index in [2.05, 4.69) is 73.0 Å². The molecular formula is C42H61NO11Si2. The Morgan fingerprint density at radius 2 is 1.41 bits per heavy atom. The number of hydrogen-bond donors (Lipinski definition) is 1. The molecule has 2 aliphatic heterocycles. The van der Waals surface area contributed by atoms with Crippen LogP contribution in [-0.2, 0) is 55.2 Å². The molecule has 0 aliphatic carbocycles. The van der Waals surface area contributed by atoms with E-state index >= 15 is 0 Å². The minimum atomic E-state index is -2.16. The van der Waals surface area contributed by atoms with Gasteiger partial charge in [0.15, 0.2) is 28.7 Å². The molecule has 0 fully saturated rings. The average Bonchev–Trinajstić information content (AvgIpc) is 3.13. The van der Waals surface area contributed by atoms with E-state index in [1.165, 1.54) is 13.2 Å². The standard InChI is InChI=1S/C42H61NO11Si2/c1-41(2,3)55(8,9)49-27-35-33(44)21-23-38(53-35)52-34-22-24-37(54-36(34)28-50-56(10,11)42(4,5)6)51-31-19-17-29(18-20-31)25-32(39(45)47-7)43-40(46)48-26-30-15-13-12-14-16-30/h12-24,32,34-38H,25-28H2,1-11H3,(H,43,46)/t32-,34-,35+,36+,37-,38-/m1/s1. The molecule has 0 spiro atoms. The van der Waals surface area contributed by atoms with Crippen molar-refractivity contribution in [1.29, 1.82) is 0 Å². The predicted molar refractivity (Wildman–Crippen MR) is 218 cm³/mol. The molecule has 2 heterocycles. The van der Waals surface area contributed by atoms with Crippen LogP contribution in [0.2, 0.25) is 36.3 Å². The number of alkyl carbamates (subject to hydrolysis) is 1. The van der Waals surface area contributed by atoms with Gasteiger partial charge in [0.1, 0.15) is 36.7 Å². The van der Waals surface area contributed by atoms with Gasteiger partial charge < -0.3 is 42.6 Å². The van der Waals surface area contributed by atoms with Gasteiger partial charge in [0.25, 0.3) is 0 Å². The zero-order valence-corrected chi connectivity index (χ0v) is 36.8. The Labute approximate surface area is 334 Å².